The second-order valence-electron chi connectivity index (χ2n) is 5.58. The number of nitrogens with zero attached hydrogens (tertiary/aromatic N) is 1. The second-order valence-corrected chi connectivity index (χ2v) is 5.99. The quantitative estimate of drug-likeness (QED) is 0.893. The molecule has 1 aromatic carbocycles. The molecule has 0 bridgehead atoms. The van der Waals surface area contributed by atoms with Crippen molar-refractivity contribution in [1.82, 2.24) is 4.90 Å². The first-order valence-electron chi connectivity index (χ1n) is 7.64. The van der Waals surface area contributed by atoms with Crippen LogP contribution in [-0.4, -0.2) is 36.5 Å². The number of likely N-dealkylation sites (tertiary alicyclic amines) is 1. The lowest BCUT2D eigenvalue weighted by atomic mass is 10.1. The van der Waals surface area contributed by atoms with E-state index in [1.54, 1.807) is 0 Å². The van der Waals surface area contributed by atoms with Crippen LogP contribution in [0.4, 0.5) is 11.4 Å². The number of hydrogen-bond donors (Lipinski definition) is 2. The molecular weight excluding hydrogens is 286 g/mol. The van der Waals surface area contributed by atoms with Crippen molar-refractivity contribution in [1.29, 1.82) is 0 Å². The van der Waals surface area contributed by atoms with Gasteiger partial charge in [-0.05, 0) is 50.6 Å². The average molecular weight is 310 g/mol. The van der Waals surface area contributed by atoms with E-state index in [1.807, 2.05) is 18.2 Å². The standard InChI is InChI=1S/C16H24ClN3O/c1-3-20-9-4-5-13(8-10-20)19-14-6-7-16(15(17)11-14)18-12(2)21/h6-7,11,13,19H,3-5,8-10H2,1-2H3,(H,18,21). The van der Waals surface area contributed by atoms with Crippen LogP contribution in [0.25, 0.3) is 0 Å². The first-order valence-corrected chi connectivity index (χ1v) is 8.02. The Morgan fingerprint density at radius 2 is 2.19 bits per heavy atom. The van der Waals surface area contributed by atoms with Gasteiger partial charge in [0.2, 0.25) is 5.91 Å². The zero-order chi connectivity index (χ0) is 15.2. The van der Waals surface area contributed by atoms with Crippen molar-refractivity contribution in [2.75, 3.05) is 30.3 Å². The number of benzene rings is 1. The molecule has 0 spiro atoms. The number of rotatable bonds is 4. The summed E-state index contributed by atoms with van der Waals surface area (Å²) in [6, 6.07) is 6.19. The molecule has 1 aliphatic heterocycles. The lowest BCUT2D eigenvalue weighted by molar-refractivity contribution is -0.114. The fourth-order valence-electron chi connectivity index (χ4n) is 2.75. The van der Waals surface area contributed by atoms with Crippen LogP contribution in [0.2, 0.25) is 5.02 Å². The molecule has 1 atom stereocenters. The molecule has 0 saturated carbocycles. The van der Waals surface area contributed by atoms with Crippen LogP contribution in [-0.2, 0) is 4.79 Å². The van der Waals surface area contributed by atoms with Gasteiger partial charge in [-0.25, -0.2) is 0 Å². The van der Waals surface area contributed by atoms with Crippen LogP contribution in [0.15, 0.2) is 18.2 Å². The molecule has 2 N–H and O–H groups in total. The first kappa shape index (κ1) is 16.1. The number of carbonyl (C=O) groups excluding carboxylic acids is 1. The van der Waals surface area contributed by atoms with E-state index >= 15 is 0 Å². The Labute approximate surface area is 131 Å². The summed E-state index contributed by atoms with van der Waals surface area (Å²) in [5, 5.41) is 6.85. The Bertz CT molecular complexity index is 492. The Balaban J connectivity index is 1.96. The highest BCUT2D eigenvalue weighted by Crippen LogP contribution is 2.27. The van der Waals surface area contributed by atoms with Gasteiger partial charge in [0.1, 0.15) is 0 Å². The minimum absolute atomic E-state index is 0.110. The van der Waals surface area contributed by atoms with Crippen molar-refractivity contribution in [3.8, 4) is 0 Å². The van der Waals surface area contributed by atoms with Crippen LogP contribution in [0, 0.1) is 0 Å². The van der Waals surface area contributed by atoms with Crippen molar-refractivity contribution in [3.05, 3.63) is 23.2 Å². The van der Waals surface area contributed by atoms with Crippen molar-refractivity contribution < 1.29 is 4.79 Å². The van der Waals surface area contributed by atoms with E-state index in [9.17, 15) is 4.79 Å². The fourth-order valence-corrected chi connectivity index (χ4v) is 2.98. The molecular formula is C16H24ClN3O. The fraction of sp³-hybridized carbons (Fsp3) is 0.562. The van der Waals surface area contributed by atoms with Gasteiger partial charge in [-0.3, -0.25) is 4.79 Å². The number of halogens is 1. The summed E-state index contributed by atoms with van der Waals surface area (Å²) in [4.78, 5) is 13.6. The summed E-state index contributed by atoms with van der Waals surface area (Å²) in [7, 11) is 0. The molecule has 2 rings (SSSR count). The summed E-state index contributed by atoms with van der Waals surface area (Å²) >= 11 is 6.21. The summed E-state index contributed by atoms with van der Waals surface area (Å²) in [6.45, 7) is 7.16. The number of hydrogen-bond acceptors (Lipinski definition) is 3. The molecule has 4 nitrogen and oxygen atoms in total. The third-order valence-electron chi connectivity index (χ3n) is 3.92. The topological polar surface area (TPSA) is 44.4 Å². The van der Waals surface area contributed by atoms with E-state index in [2.05, 4.69) is 22.5 Å². The summed E-state index contributed by atoms with van der Waals surface area (Å²) in [5.74, 6) is -0.110. The van der Waals surface area contributed by atoms with Gasteiger partial charge in [-0.15, -0.1) is 0 Å². The average Bonchev–Trinajstić information content (AvgIpc) is 2.67. The minimum atomic E-state index is -0.110. The molecule has 0 radical (unpaired) electrons. The van der Waals surface area contributed by atoms with E-state index in [0.717, 1.165) is 25.2 Å². The zero-order valence-corrected chi connectivity index (χ0v) is 13.5. The van der Waals surface area contributed by atoms with E-state index in [0.29, 0.717) is 16.8 Å². The molecule has 0 aliphatic carbocycles. The zero-order valence-electron chi connectivity index (χ0n) is 12.8. The Hall–Kier alpha value is -1.26. The van der Waals surface area contributed by atoms with Gasteiger partial charge in [0, 0.05) is 25.2 Å². The third-order valence-corrected chi connectivity index (χ3v) is 4.23. The molecule has 1 amide bonds. The molecule has 1 aromatic rings. The van der Waals surface area contributed by atoms with Gasteiger partial charge in [0.05, 0.1) is 10.7 Å². The van der Waals surface area contributed by atoms with Gasteiger partial charge in [-0.2, -0.15) is 0 Å². The Kier molecular flexibility index (Phi) is 5.88. The maximum absolute atomic E-state index is 11.1. The van der Waals surface area contributed by atoms with Crippen molar-refractivity contribution >= 4 is 28.9 Å². The highest BCUT2D eigenvalue weighted by molar-refractivity contribution is 6.34. The Morgan fingerprint density at radius 1 is 1.38 bits per heavy atom. The van der Waals surface area contributed by atoms with E-state index < -0.39 is 0 Å². The van der Waals surface area contributed by atoms with Crippen LogP contribution < -0.4 is 10.6 Å². The van der Waals surface area contributed by atoms with Crippen molar-refractivity contribution in [2.45, 2.75) is 39.2 Å². The molecule has 1 fully saturated rings. The maximum atomic E-state index is 11.1. The van der Waals surface area contributed by atoms with Gasteiger partial charge < -0.3 is 15.5 Å². The summed E-state index contributed by atoms with van der Waals surface area (Å²) in [6.07, 6.45) is 3.56. The monoisotopic (exact) mass is 309 g/mol. The van der Waals surface area contributed by atoms with Crippen LogP contribution in [0.3, 0.4) is 0 Å². The van der Waals surface area contributed by atoms with E-state index in [-0.39, 0.29) is 5.91 Å². The second kappa shape index (κ2) is 7.66. The smallest absolute Gasteiger partial charge is 0.221 e. The normalized spacial score (nSPS) is 19.9. The van der Waals surface area contributed by atoms with E-state index in [1.165, 1.54) is 26.3 Å². The number of anilines is 2. The van der Waals surface area contributed by atoms with Crippen LogP contribution in [0.5, 0.6) is 0 Å². The van der Waals surface area contributed by atoms with E-state index in [4.69, 9.17) is 11.6 Å². The van der Waals surface area contributed by atoms with Crippen molar-refractivity contribution in [2.24, 2.45) is 0 Å². The number of nitrogens with one attached hydrogen (secondary N) is 2. The predicted octanol–water partition coefficient (Wildman–Crippen LogP) is 3.58. The Morgan fingerprint density at radius 3 is 2.86 bits per heavy atom. The largest absolute Gasteiger partial charge is 0.382 e. The maximum Gasteiger partial charge on any atom is 0.221 e. The van der Waals surface area contributed by atoms with Crippen molar-refractivity contribution in [3.63, 3.8) is 0 Å². The lowest BCUT2D eigenvalue weighted by Gasteiger charge is -2.19. The van der Waals surface area contributed by atoms with Gasteiger partial charge >= 0.3 is 0 Å². The van der Waals surface area contributed by atoms with Crippen LogP contribution in [0.1, 0.15) is 33.1 Å². The van der Waals surface area contributed by atoms with Crippen LogP contribution >= 0.6 is 11.6 Å². The molecule has 1 heterocycles. The third kappa shape index (κ3) is 4.90. The highest BCUT2D eigenvalue weighted by atomic mass is 35.5. The molecule has 1 saturated heterocycles. The van der Waals surface area contributed by atoms with Gasteiger partial charge in [-0.1, -0.05) is 18.5 Å². The lowest BCUT2D eigenvalue weighted by Crippen LogP contribution is -2.26. The van der Waals surface area contributed by atoms with Gasteiger partial charge in [0.15, 0.2) is 0 Å². The molecule has 116 valence electrons. The SMILES string of the molecule is CCN1CCCC(Nc2ccc(NC(C)=O)c(Cl)c2)CC1. The molecule has 0 aromatic heterocycles. The number of carbonyl (C=O) groups is 1. The summed E-state index contributed by atoms with van der Waals surface area (Å²) < 4.78 is 0. The molecule has 1 aliphatic rings. The van der Waals surface area contributed by atoms with Gasteiger partial charge in [0.25, 0.3) is 0 Å². The summed E-state index contributed by atoms with van der Waals surface area (Å²) in [5.41, 5.74) is 1.68. The first-order chi connectivity index (χ1) is 10.1. The predicted molar refractivity (Wildman–Crippen MR) is 89.1 cm³/mol. The molecule has 1 unspecified atom stereocenters. The minimum Gasteiger partial charge on any atom is -0.382 e. The molecule has 5 heteroatoms. The number of amides is 1. The highest BCUT2D eigenvalue weighted by Gasteiger charge is 2.16. The molecule has 21 heavy (non-hydrogen) atoms.